The van der Waals surface area contributed by atoms with E-state index in [1.165, 1.54) is 18.4 Å². The fourth-order valence-electron chi connectivity index (χ4n) is 2.05. The first-order chi connectivity index (χ1) is 7.92. The van der Waals surface area contributed by atoms with E-state index in [-0.39, 0.29) is 0 Å². The van der Waals surface area contributed by atoms with Crippen molar-refractivity contribution in [2.75, 3.05) is 24.5 Å². The van der Waals surface area contributed by atoms with Crippen molar-refractivity contribution in [2.24, 2.45) is 5.11 Å². The van der Waals surface area contributed by atoms with Crippen LogP contribution in [0.2, 0.25) is 0 Å². The second-order valence-corrected chi connectivity index (χ2v) is 3.88. The molecule has 0 saturated carbocycles. The van der Waals surface area contributed by atoms with E-state index >= 15 is 0 Å². The summed E-state index contributed by atoms with van der Waals surface area (Å²) < 4.78 is 0. The predicted octanol–water partition coefficient (Wildman–Crippen LogP) is 2.53. The van der Waals surface area contributed by atoms with Crippen LogP contribution in [0.1, 0.15) is 18.4 Å². The van der Waals surface area contributed by atoms with Crippen LogP contribution in [0.15, 0.2) is 23.4 Å². The number of hydrogen-bond donors (Lipinski definition) is 0. The molecule has 0 spiro atoms. The third-order valence-corrected chi connectivity index (χ3v) is 2.82. The number of azide groups is 1. The van der Waals surface area contributed by atoms with Gasteiger partial charge in [-0.05, 0) is 36.4 Å². The van der Waals surface area contributed by atoms with Crippen molar-refractivity contribution in [1.29, 1.82) is 0 Å². The lowest BCUT2D eigenvalue weighted by molar-refractivity contribution is 0.887. The SMILES string of the molecule is [N-]=[N+]=NCCc1cccnc1N1CCCC1. The molecule has 0 unspecified atom stereocenters. The highest BCUT2D eigenvalue weighted by atomic mass is 15.2. The minimum atomic E-state index is 0.503. The third kappa shape index (κ3) is 2.44. The number of rotatable bonds is 4. The van der Waals surface area contributed by atoms with Gasteiger partial charge in [-0.2, -0.15) is 0 Å². The molecular formula is C11H15N5. The molecule has 1 aliphatic heterocycles. The Morgan fingerprint density at radius 3 is 3.00 bits per heavy atom. The van der Waals surface area contributed by atoms with E-state index in [4.69, 9.17) is 5.53 Å². The van der Waals surface area contributed by atoms with Crippen LogP contribution >= 0.6 is 0 Å². The van der Waals surface area contributed by atoms with E-state index in [0.717, 1.165) is 25.3 Å². The standard InChI is InChI=1S/C11H15N5/c12-15-14-7-5-10-4-3-6-13-11(10)16-8-1-2-9-16/h3-4,6H,1-2,5,7-9H2. The molecule has 5 heteroatoms. The van der Waals surface area contributed by atoms with Crippen molar-refractivity contribution in [3.63, 3.8) is 0 Å². The Hall–Kier alpha value is -1.74. The molecule has 1 aromatic rings. The summed E-state index contributed by atoms with van der Waals surface area (Å²) in [6.45, 7) is 2.68. The van der Waals surface area contributed by atoms with Gasteiger partial charge in [0.2, 0.25) is 0 Å². The summed E-state index contributed by atoms with van der Waals surface area (Å²) >= 11 is 0. The molecular weight excluding hydrogens is 202 g/mol. The summed E-state index contributed by atoms with van der Waals surface area (Å²) in [4.78, 5) is 9.51. The molecule has 0 radical (unpaired) electrons. The maximum Gasteiger partial charge on any atom is 0.131 e. The van der Waals surface area contributed by atoms with E-state index in [1.807, 2.05) is 12.3 Å². The lowest BCUT2D eigenvalue weighted by Crippen LogP contribution is -2.20. The second kappa shape index (κ2) is 5.37. The monoisotopic (exact) mass is 217 g/mol. The van der Waals surface area contributed by atoms with E-state index in [9.17, 15) is 0 Å². The maximum absolute atomic E-state index is 8.26. The van der Waals surface area contributed by atoms with Crippen LogP contribution in [-0.4, -0.2) is 24.6 Å². The molecule has 0 bridgehead atoms. The highest BCUT2D eigenvalue weighted by Crippen LogP contribution is 2.22. The Morgan fingerprint density at radius 1 is 1.44 bits per heavy atom. The highest BCUT2D eigenvalue weighted by Gasteiger charge is 2.15. The molecule has 1 aromatic heterocycles. The summed E-state index contributed by atoms with van der Waals surface area (Å²) in [5, 5.41) is 3.57. The molecule has 5 nitrogen and oxygen atoms in total. The van der Waals surface area contributed by atoms with Crippen molar-refractivity contribution < 1.29 is 0 Å². The number of nitrogens with zero attached hydrogens (tertiary/aromatic N) is 5. The number of anilines is 1. The zero-order valence-electron chi connectivity index (χ0n) is 9.21. The fourth-order valence-corrected chi connectivity index (χ4v) is 2.05. The Bertz CT molecular complexity index is 391. The molecule has 1 aliphatic rings. The van der Waals surface area contributed by atoms with Crippen LogP contribution in [-0.2, 0) is 6.42 Å². The smallest absolute Gasteiger partial charge is 0.131 e. The van der Waals surface area contributed by atoms with E-state index in [0.29, 0.717) is 6.54 Å². The normalized spacial score (nSPS) is 14.9. The van der Waals surface area contributed by atoms with Crippen molar-refractivity contribution in [1.82, 2.24) is 4.98 Å². The predicted molar refractivity (Wildman–Crippen MR) is 63.4 cm³/mol. The summed E-state index contributed by atoms with van der Waals surface area (Å²) in [5.41, 5.74) is 9.43. The van der Waals surface area contributed by atoms with Crippen molar-refractivity contribution >= 4 is 5.82 Å². The van der Waals surface area contributed by atoms with Gasteiger partial charge in [-0.15, -0.1) is 0 Å². The molecule has 2 heterocycles. The summed E-state index contributed by atoms with van der Waals surface area (Å²) in [5.74, 6) is 1.06. The van der Waals surface area contributed by atoms with Gasteiger partial charge in [0.1, 0.15) is 5.82 Å². The molecule has 1 fully saturated rings. The lowest BCUT2D eigenvalue weighted by Gasteiger charge is -2.19. The average Bonchev–Trinajstić information content (AvgIpc) is 2.83. The van der Waals surface area contributed by atoms with Gasteiger partial charge >= 0.3 is 0 Å². The molecule has 0 amide bonds. The van der Waals surface area contributed by atoms with Gasteiger partial charge in [-0.1, -0.05) is 11.2 Å². The van der Waals surface area contributed by atoms with Crippen LogP contribution in [0.5, 0.6) is 0 Å². The van der Waals surface area contributed by atoms with Gasteiger partial charge in [0.15, 0.2) is 0 Å². The van der Waals surface area contributed by atoms with Crippen LogP contribution in [0.4, 0.5) is 5.82 Å². The highest BCUT2D eigenvalue weighted by molar-refractivity contribution is 5.47. The Morgan fingerprint density at radius 2 is 2.25 bits per heavy atom. The Labute approximate surface area is 94.7 Å². The first-order valence-corrected chi connectivity index (χ1v) is 5.61. The molecule has 0 aromatic carbocycles. The topological polar surface area (TPSA) is 64.9 Å². The first-order valence-electron chi connectivity index (χ1n) is 5.61. The van der Waals surface area contributed by atoms with Crippen LogP contribution in [0, 0.1) is 0 Å². The largest absolute Gasteiger partial charge is 0.356 e. The minimum Gasteiger partial charge on any atom is -0.356 e. The fraction of sp³-hybridized carbons (Fsp3) is 0.545. The maximum atomic E-state index is 8.26. The van der Waals surface area contributed by atoms with Crippen molar-refractivity contribution in [2.45, 2.75) is 19.3 Å². The average molecular weight is 217 g/mol. The minimum absolute atomic E-state index is 0.503. The molecule has 1 saturated heterocycles. The molecule has 0 atom stereocenters. The van der Waals surface area contributed by atoms with Gasteiger partial charge in [-0.3, -0.25) is 0 Å². The van der Waals surface area contributed by atoms with Gasteiger partial charge in [-0.25, -0.2) is 4.98 Å². The molecule has 2 rings (SSSR count). The third-order valence-electron chi connectivity index (χ3n) is 2.82. The van der Waals surface area contributed by atoms with Crippen molar-refractivity contribution in [3.05, 3.63) is 34.3 Å². The van der Waals surface area contributed by atoms with Gasteiger partial charge in [0.25, 0.3) is 0 Å². The number of aromatic nitrogens is 1. The molecule has 0 N–H and O–H groups in total. The summed E-state index contributed by atoms with van der Waals surface area (Å²) in [7, 11) is 0. The van der Waals surface area contributed by atoms with Crippen LogP contribution in [0.3, 0.4) is 0 Å². The summed E-state index contributed by atoms with van der Waals surface area (Å²) in [6.07, 6.45) is 5.08. The van der Waals surface area contributed by atoms with Crippen molar-refractivity contribution in [3.8, 4) is 0 Å². The van der Waals surface area contributed by atoms with E-state index in [2.05, 4.69) is 26.0 Å². The molecule has 16 heavy (non-hydrogen) atoms. The first kappa shape index (κ1) is 10.8. The van der Waals surface area contributed by atoms with Crippen LogP contribution in [0.25, 0.3) is 10.4 Å². The zero-order valence-corrected chi connectivity index (χ0v) is 9.21. The van der Waals surface area contributed by atoms with Gasteiger partial charge in [0, 0.05) is 30.7 Å². The summed E-state index contributed by atoms with van der Waals surface area (Å²) in [6, 6.07) is 4.00. The lowest BCUT2D eigenvalue weighted by atomic mass is 10.2. The molecule has 84 valence electrons. The number of hydrogen-bond acceptors (Lipinski definition) is 3. The van der Waals surface area contributed by atoms with Crippen LogP contribution < -0.4 is 4.90 Å². The second-order valence-electron chi connectivity index (χ2n) is 3.88. The molecule has 0 aliphatic carbocycles. The Kier molecular flexibility index (Phi) is 3.62. The zero-order chi connectivity index (χ0) is 11.2. The quantitative estimate of drug-likeness (QED) is 0.442. The van der Waals surface area contributed by atoms with E-state index < -0.39 is 0 Å². The van der Waals surface area contributed by atoms with Gasteiger partial charge in [0.05, 0.1) is 0 Å². The van der Waals surface area contributed by atoms with E-state index in [1.54, 1.807) is 0 Å². The Balaban J connectivity index is 2.12. The van der Waals surface area contributed by atoms with Gasteiger partial charge < -0.3 is 4.90 Å². The number of pyridine rings is 1.